The molecule has 1 unspecified atom stereocenters. The Morgan fingerprint density at radius 2 is 2.07 bits per heavy atom. The summed E-state index contributed by atoms with van der Waals surface area (Å²) in [6, 6.07) is 10.8. The molecule has 1 aromatic rings. The average molecular weight is 199 g/mol. The first-order valence-electron chi connectivity index (χ1n) is 5.63. The fraction of sp³-hybridized carbons (Fsp3) is 0.429. The number of hydrogen-bond donors (Lipinski definition) is 1. The molecule has 1 fully saturated rings. The van der Waals surface area contributed by atoms with Crippen LogP contribution in [0, 0.1) is 17.8 Å². The third kappa shape index (κ3) is 3.42. The van der Waals surface area contributed by atoms with Gasteiger partial charge in [-0.2, -0.15) is 0 Å². The first kappa shape index (κ1) is 10.3. The molecule has 1 aliphatic carbocycles. The van der Waals surface area contributed by atoms with Crippen LogP contribution in [0.4, 0.5) is 0 Å². The van der Waals surface area contributed by atoms with E-state index in [4.69, 9.17) is 0 Å². The highest BCUT2D eigenvalue weighted by atomic mass is 14.9. The standard InChI is InChI=1S/C14H17N/c1-12(14-9-10-14)15-11-5-8-13-6-3-2-4-7-13/h2-4,6-7,12,14-15H,9-11H2,1H3. The molecular weight excluding hydrogens is 182 g/mol. The predicted molar refractivity (Wildman–Crippen MR) is 63.5 cm³/mol. The molecule has 0 bridgehead atoms. The van der Waals surface area contributed by atoms with E-state index in [0.29, 0.717) is 6.04 Å². The summed E-state index contributed by atoms with van der Waals surface area (Å²) in [5.41, 5.74) is 1.10. The summed E-state index contributed by atoms with van der Waals surface area (Å²) in [5.74, 6) is 7.21. The van der Waals surface area contributed by atoms with E-state index < -0.39 is 0 Å². The molecular formula is C14H17N. The summed E-state index contributed by atoms with van der Waals surface area (Å²) < 4.78 is 0. The predicted octanol–water partition coefficient (Wildman–Crippen LogP) is 2.43. The lowest BCUT2D eigenvalue weighted by Crippen LogP contribution is -2.27. The summed E-state index contributed by atoms with van der Waals surface area (Å²) in [5, 5.41) is 3.44. The minimum atomic E-state index is 0.634. The van der Waals surface area contributed by atoms with E-state index in [1.807, 2.05) is 30.3 Å². The Morgan fingerprint density at radius 3 is 2.73 bits per heavy atom. The Hall–Kier alpha value is -1.26. The molecule has 2 rings (SSSR count). The van der Waals surface area contributed by atoms with Crippen LogP contribution in [0.25, 0.3) is 0 Å². The second-order valence-corrected chi connectivity index (χ2v) is 4.17. The van der Waals surface area contributed by atoms with Crippen LogP contribution in [0.5, 0.6) is 0 Å². The molecule has 0 aromatic heterocycles. The quantitative estimate of drug-likeness (QED) is 0.737. The van der Waals surface area contributed by atoms with Gasteiger partial charge in [-0.1, -0.05) is 30.0 Å². The van der Waals surface area contributed by atoms with Gasteiger partial charge in [-0.05, 0) is 37.8 Å². The van der Waals surface area contributed by atoms with Crippen LogP contribution in [-0.4, -0.2) is 12.6 Å². The molecule has 1 nitrogen and oxygen atoms in total. The number of hydrogen-bond acceptors (Lipinski definition) is 1. The summed E-state index contributed by atoms with van der Waals surface area (Å²) in [7, 11) is 0. The van der Waals surface area contributed by atoms with Crippen LogP contribution in [0.3, 0.4) is 0 Å². The lowest BCUT2D eigenvalue weighted by molar-refractivity contribution is 0.527. The van der Waals surface area contributed by atoms with Crippen molar-refractivity contribution in [3.05, 3.63) is 35.9 Å². The Kier molecular flexibility index (Phi) is 3.42. The first-order valence-corrected chi connectivity index (χ1v) is 5.63. The minimum absolute atomic E-state index is 0.634. The largest absolute Gasteiger partial charge is 0.303 e. The van der Waals surface area contributed by atoms with Crippen molar-refractivity contribution >= 4 is 0 Å². The third-order valence-electron chi connectivity index (χ3n) is 2.85. The zero-order valence-corrected chi connectivity index (χ0v) is 9.16. The third-order valence-corrected chi connectivity index (χ3v) is 2.85. The molecule has 0 saturated heterocycles. The summed E-state index contributed by atoms with van der Waals surface area (Å²) >= 11 is 0. The monoisotopic (exact) mass is 199 g/mol. The second-order valence-electron chi connectivity index (χ2n) is 4.17. The Bertz CT molecular complexity index is 354. The summed E-state index contributed by atoms with van der Waals surface area (Å²) in [6.07, 6.45) is 2.78. The fourth-order valence-electron chi connectivity index (χ4n) is 1.64. The molecule has 1 saturated carbocycles. The molecule has 1 aliphatic rings. The van der Waals surface area contributed by atoms with Gasteiger partial charge >= 0.3 is 0 Å². The van der Waals surface area contributed by atoms with E-state index in [-0.39, 0.29) is 0 Å². The molecule has 1 N–H and O–H groups in total. The average Bonchev–Trinajstić information content (AvgIpc) is 3.09. The van der Waals surface area contributed by atoms with Gasteiger partial charge in [-0.15, -0.1) is 0 Å². The van der Waals surface area contributed by atoms with Crippen LogP contribution >= 0.6 is 0 Å². The van der Waals surface area contributed by atoms with E-state index >= 15 is 0 Å². The highest BCUT2D eigenvalue weighted by Crippen LogP contribution is 2.32. The van der Waals surface area contributed by atoms with E-state index in [0.717, 1.165) is 18.0 Å². The maximum absolute atomic E-state index is 3.44. The van der Waals surface area contributed by atoms with Crippen molar-refractivity contribution in [3.63, 3.8) is 0 Å². The van der Waals surface area contributed by atoms with E-state index in [1.165, 1.54) is 12.8 Å². The molecule has 1 heteroatoms. The molecule has 1 atom stereocenters. The fourth-order valence-corrected chi connectivity index (χ4v) is 1.64. The van der Waals surface area contributed by atoms with Crippen molar-refractivity contribution in [2.24, 2.45) is 5.92 Å². The van der Waals surface area contributed by atoms with E-state index in [9.17, 15) is 0 Å². The highest BCUT2D eigenvalue weighted by molar-refractivity contribution is 5.33. The molecule has 0 aliphatic heterocycles. The first-order chi connectivity index (χ1) is 7.36. The van der Waals surface area contributed by atoms with Crippen LogP contribution in [0.15, 0.2) is 30.3 Å². The zero-order valence-electron chi connectivity index (χ0n) is 9.16. The van der Waals surface area contributed by atoms with Gasteiger partial charge in [-0.25, -0.2) is 0 Å². The maximum atomic E-state index is 3.44. The second kappa shape index (κ2) is 5.00. The Morgan fingerprint density at radius 1 is 1.33 bits per heavy atom. The highest BCUT2D eigenvalue weighted by Gasteiger charge is 2.26. The molecule has 15 heavy (non-hydrogen) atoms. The number of benzene rings is 1. The van der Waals surface area contributed by atoms with E-state index in [1.54, 1.807) is 0 Å². The molecule has 1 aromatic carbocycles. The molecule has 78 valence electrons. The van der Waals surface area contributed by atoms with Crippen molar-refractivity contribution in [1.82, 2.24) is 5.32 Å². The SMILES string of the molecule is CC(NCC#Cc1ccccc1)C1CC1. The Balaban J connectivity index is 1.75. The topological polar surface area (TPSA) is 12.0 Å². The Labute approximate surface area is 91.9 Å². The lowest BCUT2D eigenvalue weighted by atomic mass is 10.2. The summed E-state index contributed by atoms with van der Waals surface area (Å²) in [6.45, 7) is 3.05. The van der Waals surface area contributed by atoms with Gasteiger partial charge in [0.25, 0.3) is 0 Å². The smallest absolute Gasteiger partial charge is 0.0582 e. The molecule has 0 radical (unpaired) electrons. The molecule has 0 spiro atoms. The van der Waals surface area contributed by atoms with Gasteiger partial charge in [-0.3, -0.25) is 0 Å². The van der Waals surface area contributed by atoms with Crippen molar-refractivity contribution in [3.8, 4) is 11.8 Å². The van der Waals surface area contributed by atoms with Gasteiger partial charge < -0.3 is 5.32 Å². The minimum Gasteiger partial charge on any atom is -0.303 e. The normalized spacial score (nSPS) is 16.6. The van der Waals surface area contributed by atoms with Gasteiger partial charge in [0.1, 0.15) is 0 Å². The maximum Gasteiger partial charge on any atom is 0.0582 e. The van der Waals surface area contributed by atoms with Crippen LogP contribution in [-0.2, 0) is 0 Å². The van der Waals surface area contributed by atoms with Gasteiger partial charge in [0.15, 0.2) is 0 Å². The van der Waals surface area contributed by atoms with Crippen molar-refractivity contribution in [1.29, 1.82) is 0 Å². The lowest BCUT2D eigenvalue weighted by Gasteiger charge is -2.08. The van der Waals surface area contributed by atoms with Crippen LogP contribution in [0.1, 0.15) is 25.3 Å². The molecule has 0 heterocycles. The zero-order chi connectivity index (χ0) is 10.5. The number of nitrogens with one attached hydrogen (secondary N) is 1. The van der Waals surface area contributed by atoms with Crippen LogP contribution in [0.2, 0.25) is 0 Å². The van der Waals surface area contributed by atoms with Crippen LogP contribution < -0.4 is 5.32 Å². The van der Waals surface area contributed by atoms with Gasteiger partial charge in [0.05, 0.1) is 6.54 Å². The molecule has 0 amide bonds. The van der Waals surface area contributed by atoms with Gasteiger partial charge in [0, 0.05) is 11.6 Å². The van der Waals surface area contributed by atoms with Gasteiger partial charge in [0.2, 0.25) is 0 Å². The summed E-state index contributed by atoms with van der Waals surface area (Å²) in [4.78, 5) is 0. The van der Waals surface area contributed by atoms with Crippen molar-refractivity contribution < 1.29 is 0 Å². The van der Waals surface area contributed by atoms with Crippen molar-refractivity contribution in [2.75, 3.05) is 6.54 Å². The van der Waals surface area contributed by atoms with Crippen molar-refractivity contribution in [2.45, 2.75) is 25.8 Å². The number of rotatable bonds is 3. The van der Waals surface area contributed by atoms with E-state index in [2.05, 4.69) is 24.1 Å².